The monoisotopic (exact) mass is 518 g/mol. The molecule has 37 heavy (non-hydrogen) atoms. The first-order valence-corrected chi connectivity index (χ1v) is 11.5. The molecule has 1 aromatic heterocycles. The Labute approximate surface area is 209 Å². The molecule has 0 saturated heterocycles. The van der Waals surface area contributed by atoms with Gasteiger partial charge in [0.2, 0.25) is 11.8 Å². The largest absolute Gasteiger partial charge is 0.489 e. The van der Waals surface area contributed by atoms with Crippen LogP contribution in [0.3, 0.4) is 0 Å². The second kappa shape index (κ2) is 10.9. The van der Waals surface area contributed by atoms with Gasteiger partial charge in [0.1, 0.15) is 5.82 Å². The molecule has 9 nitrogen and oxygen atoms in total. The molecular weight excluding hydrogens is 493 g/mol. The van der Waals surface area contributed by atoms with Gasteiger partial charge < -0.3 is 30.7 Å². The van der Waals surface area contributed by atoms with Gasteiger partial charge >= 0.3 is 6.61 Å². The zero-order chi connectivity index (χ0) is 26.7. The number of hydrogen-bond donors (Lipinski definition) is 3. The summed E-state index contributed by atoms with van der Waals surface area (Å²) in [4.78, 5) is 28.3. The lowest BCUT2D eigenvalue weighted by Gasteiger charge is -2.12. The molecule has 2 aromatic carbocycles. The summed E-state index contributed by atoms with van der Waals surface area (Å²) >= 11 is 0. The number of aromatic nitrogens is 1. The predicted octanol–water partition coefficient (Wildman–Crippen LogP) is 3.92. The van der Waals surface area contributed by atoms with E-state index >= 15 is 0 Å². The van der Waals surface area contributed by atoms with Crippen LogP contribution in [0.2, 0.25) is 0 Å². The van der Waals surface area contributed by atoms with E-state index in [1.807, 2.05) is 0 Å². The van der Waals surface area contributed by atoms with Crippen LogP contribution in [0.1, 0.15) is 58.0 Å². The average Bonchev–Trinajstić information content (AvgIpc) is 3.56. The molecule has 0 bridgehead atoms. The Kier molecular flexibility index (Phi) is 7.67. The summed E-state index contributed by atoms with van der Waals surface area (Å²) in [5, 5.41) is 2.55. The fraction of sp³-hybridized carbons (Fsp3) is 0.320. The number of halogens is 3. The maximum absolute atomic E-state index is 14.3. The summed E-state index contributed by atoms with van der Waals surface area (Å²) in [5.74, 6) is -1.77. The van der Waals surface area contributed by atoms with Crippen LogP contribution >= 0.6 is 0 Å². The first kappa shape index (κ1) is 26.0. The van der Waals surface area contributed by atoms with Crippen molar-refractivity contribution in [3.05, 3.63) is 64.8 Å². The topological polar surface area (TPSA) is 143 Å². The van der Waals surface area contributed by atoms with Crippen LogP contribution in [0.25, 0.3) is 11.5 Å². The van der Waals surface area contributed by atoms with E-state index in [0.29, 0.717) is 18.1 Å². The standard InChI is InChI=1S/C25H25F3N4O5/c1-12(29)21-20(23(34)31-10-16-5-4-14(22(30)33)8-17(16)26)32-24(37-21)15-6-7-18(36-25(27)28)19(9-15)35-11-13-2-3-13/h4-9,12-13,25H,2-3,10-11,29H2,1H3,(H2,30,33)(H,31,34)/t12-/m0/s1. The number of hydrogen-bond acceptors (Lipinski definition) is 7. The second-order valence-corrected chi connectivity index (χ2v) is 8.67. The van der Waals surface area contributed by atoms with Gasteiger partial charge in [-0.2, -0.15) is 8.78 Å². The lowest BCUT2D eigenvalue weighted by molar-refractivity contribution is -0.0515. The SMILES string of the molecule is C[C@H](N)c1oc(-c2ccc(OC(F)F)c(OCC3CC3)c2)nc1C(=O)NCc1ccc(C(N)=O)cc1F. The van der Waals surface area contributed by atoms with Gasteiger partial charge in [0.25, 0.3) is 5.91 Å². The van der Waals surface area contributed by atoms with Gasteiger partial charge in [-0.25, -0.2) is 9.37 Å². The van der Waals surface area contributed by atoms with Crippen molar-refractivity contribution in [2.24, 2.45) is 17.4 Å². The lowest BCUT2D eigenvalue weighted by Crippen LogP contribution is -2.26. The van der Waals surface area contributed by atoms with Crippen molar-refractivity contribution >= 4 is 11.8 Å². The zero-order valence-corrected chi connectivity index (χ0v) is 19.8. The number of nitrogens with two attached hydrogens (primary N) is 2. The molecule has 0 aliphatic heterocycles. The third kappa shape index (κ3) is 6.39. The fourth-order valence-corrected chi connectivity index (χ4v) is 3.47. The Morgan fingerprint density at radius 1 is 1.19 bits per heavy atom. The Hall–Kier alpha value is -4.06. The Morgan fingerprint density at radius 2 is 1.95 bits per heavy atom. The molecule has 0 radical (unpaired) electrons. The van der Waals surface area contributed by atoms with E-state index in [-0.39, 0.29) is 46.5 Å². The molecule has 1 atom stereocenters. The number of primary amides is 1. The van der Waals surface area contributed by atoms with Crippen LogP contribution in [0, 0.1) is 11.7 Å². The summed E-state index contributed by atoms with van der Waals surface area (Å²) in [6.07, 6.45) is 2.00. The number of amides is 2. The Balaban J connectivity index is 1.56. The van der Waals surface area contributed by atoms with E-state index in [9.17, 15) is 22.8 Å². The summed E-state index contributed by atoms with van der Waals surface area (Å²) < 4.78 is 55.9. The van der Waals surface area contributed by atoms with E-state index in [1.165, 1.54) is 30.3 Å². The van der Waals surface area contributed by atoms with Crippen LogP contribution in [-0.2, 0) is 6.54 Å². The van der Waals surface area contributed by atoms with Crippen molar-refractivity contribution in [1.82, 2.24) is 10.3 Å². The maximum Gasteiger partial charge on any atom is 0.387 e. The van der Waals surface area contributed by atoms with Crippen molar-refractivity contribution in [3.8, 4) is 23.0 Å². The molecule has 0 spiro atoms. The number of benzene rings is 2. The van der Waals surface area contributed by atoms with Gasteiger partial charge in [0.15, 0.2) is 23.0 Å². The number of alkyl halides is 2. The number of carbonyl (C=O) groups excluding carboxylic acids is 2. The lowest BCUT2D eigenvalue weighted by atomic mass is 10.1. The highest BCUT2D eigenvalue weighted by atomic mass is 19.3. The third-order valence-electron chi connectivity index (χ3n) is 5.64. The van der Waals surface area contributed by atoms with Crippen LogP contribution in [0.15, 0.2) is 40.8 Å². The van der Waals surface area contributed by atoms with Crippen LogP contribution in [0.4, 0.5) is 13.2 Å². The van der Waals surface area contributed by atoms with Gasteiger partial charge in [0.05, 0.1) is 12.6 Å². The van der Waals surface area contributed by atoms with Gasteiger partial charge in [-0.05, 0) is 56.0 Å². The maximum atomic E-state index is 14.3. The number of ether oxygens (including phenoxy) is 2. The molecule has 3 aromatic rings. The predicted molar refractivity (Wildman–Crippen MR) is 125 cm³/mol. The first-order chi connectivity index (χ1) is 17.6. The molecule has 4 rings (SSSR count). The molecule has 196 valence electrons. The average molecular weight is 518 g/mol. The van der Waals surface area contributed by atoms with Crippen LogP contribution in [-0.4, -0.2) is 30.0 Å². The van der Waals surface area contributed by atoms with Crippen LogP contribution < -0.4 is 26.3 Å². The Bertz CT molecular complexity index is 1310. The highest BCUT2D eigenvalue weighted by molar-refractivity contribution is 5.94. The molecule has 1 aliphatic rings. The van der Waals surface area contributed by atoms with E-state index in [1.54, 1.807) is 6.92 Å². The second-order valence-electron chi connectivity index (χ2n) is 8.67. The van der Waals surface area contributed by atoms with Crippen molar-refractivity contribution in [2.45, 2.75) is 39.0 Å². The highest BCUT2D eigenvalue weighted by Gasteiger charge is 2.26. The number of oxazole rings is 1. The molecule has 1 aliphatic carbocycles. The molecule has 1 saturated carbocycles. The van der Waals surface area contributed by atoms with Crippen LogP contribution in [0.5, 0.6) is 11.5 Å². The molecule has 1 heterocycles. The van der Waals surface area contributed by atoms with E-state index in [4.69, 9.17) is 20.6 Å². The molecule has 1 fully saturated rings. The summed E-state index contributed by atoms with van der Waals surface area (Å²) in [7, 11) is 0. The normalized spacial score (nSPS) is 13.9. The molecular formula is C25H25F3N4O5. The smallest absolute Gasteiger partial charge is 0.387 e. The van der Waals surface area contributed by atoms with Crippen molar-refractivity contribution < 1.29 is 36.7 Å². The summed E-state index contributed by atoms with van der Waals surface area (Å²) in [6.45, 7) is -1.30. The number of carbonyl (C=O) groups is 2. The van der Waals surface area contributed by atoms with Crippen molar-refractivity contribution in [1.29, 1.82) is 0 Å². The van der Waals surface area contributed by atoms with E-state index < -0.39 is 30.3 Å². The first-order valence-electron chi connectivity index (χ1n) is 11.5. The minimum atomic E-state index is -3.03. The number of rotatable bonds is 11. The minimum absolute atomic E-state index is 0.00147. The molecule has 0 unspecified atom stereocenters. The van der Waals surface area contributed by atoms with Crippen molar-refractivity contribution in [3.63, 3.8) is 0 Å². The summed E-state index contributed by atoms with van der Waals surface area (Å²) in [6, 6.07) is 7.12. The van der Waals surface area contributed by atoms with Gasteiger partial charge in [-0.1, -0.05) is 6.07 Å². The van der Waals surface area contributed by atoms with E-state index in [0.717, 1.165) is 18.9 Å². The number of nitrogens with one attached hydrogen (secondary N) is 1. The van der Waals surface area contributed by atoms with E-state index in [2.05, 4.69) is 15.0 Å². The fourth-order valence-electron chi connectivity index (χ4n) is 3.47. The van der Waals surface area contributed by atoms with Gasteiger partial charge in [0, 0.05) is 23.2 Å². The van der Waals surface area contributed by atoms with Gasteiger partial charge in [-0.3, -0.25) is 9.59 Å². The number of nitrogens with zero attached hydrogens (tertiary/aromatic N) is 1. The third-order valence-corrected chi connectivity index (χ3v) is 5.64. The van der Waals surface area contributed by atoms with Crippen molar-refractivity contribution in [2.75, 3.05) is 6.61 Å². The summed E-state index contributed by atoms with van der Waals surface area (Å²) in [5.41, 5.74) is 11.5. The quantitative estimate of drug-likeness (QED) is 0.349. The zero-order valence-electron chi connectivity index (χ0n) is 19.8. The molecule has 5 N–H and O–H groups in total. The highest BCUT2D eigenvalue weighted by Crippen LogP contribution is 2.37. The molecule has 12 heteroatoms. The minimum Gasteiger partial charge on any atom is -0.489 e. The Morgan fingerprint density at radius 3 is 2.57 bits per heavy atom. The van der Waals surface area contributed by atoms with Gasteiger partial charge in [-0.15, -0.1) is 0 Å². The molecule has 2 amide bonds.